The third-order valence-corrected chi connectivity index (χ3v) is 4.01. The summed E-state index contributed by atoms with van der Waals surface area (Å²) in [5.41, 5.74) is 1.66. The monoisotopic (exact) mass is 377 g/mol. The maximum absolute atomic E-state index is 12.1. The van der Waals surface area contributed by atoms with Crippen LogP contribution in [0.3, 0.4) is 0 Å². The standard InChI is InChI=1S/C19H20ClNO5/c1-25-17-4-2-3-16(20)15(17)11-18(22)21-10-9-13-5-7-14(8-6-13)26-12-19(23)24/h2-8H,9-12H2,1H3,(H,21,22)(H,23,24). The maximum Gasteiger partial charge on any atom is 0.341 e. The Kier molecular flexibility index (Phi) is 7.29. The van der Waals surface area contributed by atoms with E-state index in [1.165, 1.54) is 7.11 Å². The number of nitrogens with one attached hydrogen (secondary N) is 1. The van der Waals surface area contributed by atoms with Gasteiger partial charge in [-0.3, -0.25) is 4.79 Å². The van der Waals surface area contributed by atoms with Gasteiger partial charge in [0.2, 0.25) is 5.91 Å². The summed E-state index contributed by atoms with van der Waals surface area (Å²) in [4.78, 5) is 22.6. The Balaban J connectivity index is 1.81. The van der Waals surface area contributed by atoms with Crippen molar-refractivity contribution in [1.29, 1.82) is 0 Å². The van der Waals surface area contributed by atoms with Gasteiger partial charge < -0.3 is 19.9 Å². The lowest BCUT2D eigenvalue weighted by atomic mass is 10.1. The SMILES string of the molecule is COc1cccc(Cl)c1CC(=O)NCCc1ccc(OCC(=O)O)cc1. The zero-order chi connectivity index (χ0) is 18.9. The fourth-order valence-electron chi connectivity index (χ4n) is 2.37. The van der Waals surface area contributed by atoms with Crippen LogP contribution in [0, 0.1) is 0 Å². The normalized spacial score (nSPS) is 10.2. The maximum atomic E-state index is 12.1. The number of carboxylic acid groups (broad SMARTS) is 1. The summed E-state index contributed by atoms with van der Waals surface area (Å²) in [6.45, 7) is 0.0991. The highest BCUT2D eigenvalue weighted by Crippen LogP contribution is 2.26. The van der Waals surface area contributed by atoms with Crippen molar-refractivity contribution in [2.75, 3.05) is 20.3 Å². The Morgan fingerprint density at radius 3 is 2.54 bits per heavy atom. The van der Waals surface area contributed by atoms with E-state index in [1.54, 1.807) is 30.3 Å². The molecule has 1 amide bonds. The van der Waals surface area contributed by atoms with Gasteiger partial charge in [-0.2, -0.15) is 0 Å². The van der Waals surface area contributed by atoms with Crippen LogP contribution in [0.2, 0.25) is 5.02 Å². The number of carbonyl (C=O) groups excluding carboxylic acids is 1. The molecule has 0 aliphatic heterocycles. The van der Waals surface area contributed by atoms with E-state index in [2.05, 4.69) is 5.32 Å². The van der Waals surface area contributed by atoms with Crippen molar-refractivity contribution in [3.05, 3.63) is 58.6 Å². The highest BCUT2D eigenvalue weighted by molar-refractivity contribution is 6.31. The Morgan fingerprint density at radius 1 is 1.15 bits per heavy atom. The number of amides is 1. The number of aliphatic carboxylic acids is 1. The summed E-state index contributed by atoms with van der Waals surface area (Å²) in [6.07, 6.45) is 0.787. The van der Waals surface area contributed by atoms with Crippen molar-refractivity contribution < 1.29 is 24.2 Å². The molecule has 0 radical (unpaired) electrons. The molecule has 0 aliphatic rings. The van der Waals surface area contributed by atoms with Crippen molar-refractivity contribution in [1.82, 2.24) is 5.32 Å². The third kappa shape index (κ3) is 5.97. The average molecular weight is 378 g/mol. The minimum Gasteiger partial charge on any atom is -0.496 e. The third-order valence-electron chi connectivity index (χ3n) is 3.65. The van der Waals surface area contributed by atoms with Crippen LogP contribution < -0.4 is 14.8 Å². The topological polar surface area (TPSA) is 84.9 Å². The van der Waals surface area contributed by atoms with Crippen molar-refractivity contribution in [2.45, 2.75) is 12.8 Å². The largest absolute Gasteiger partial charge is 0.496 e. The molecule has 2 aromatic rings. The first-order valence-electron chi connectivity index (χ1n) is 8.01. The number of halogens is 1. The lowest BCUT2D eigenvalue weighted by Gasteiger charge is -2.11. The van der Waals surface area contributed by atoms with E-state index in [4.69, 9.17) is 26.2 Å². The first kappa shape index (κ1) is 19.6. The van der Waals surface area contributed by atoms with Gasteiger partial charge in [0, 0.05) is 17.1 Å². The molecule has 0 atom stereocenters. The number of benzene rings is 2. The van der Waals surface area contributed by atoms with E-state index in [-0.39, 0.29) is 18.9 Å². The first-order valence-corrected chi connectivity index (χ1v) is 8.39. The second kappa shape index (κ2) is 9.68. The summed E-state index contributed by atoms with van der Waals surface area (Å²) >= 11 is 6.13. The van der Waals surface area contributed by atoms with E-state index in [1.807, 2.05) is 12.1 Å². The second-order valence-electron chi connectivity index (χ2n) is 5.52. The molecule has 0 aliphatic carbocycles. The van der Waals surface area contributed by atoms with Gasteiger partial charge in [0.1, 0.15) is 11.5 Å². The van der Waals surface area contributed by atoms with Gasteiger partial charge in [-0.25, -0.2) is 4.79 Å². The Morgan fingerprint density at radius 2 is 1.88 bits per heavy atom. The highest BCUT2D eigenvalue weighted by Gasteiger charge is 2.12. The van der Waals surface area contributed by atoms with E-state index in [9.17, 15) is 9.59 Å². The predicted octanol–water partition coefficient (Wildman–Crippen LogP) is 2.71. The molecule has 138 valence electrons. The number of hydrogen-bond acceptors (Lipinski definition) is 4. The zero-order valence-electron chi connectivity index (χ0n) is 14.3. The van der Waals surface area contributed by atoms with Gasteiger partial charge in [-0.05, 0) is 36.2 Å². The van der Waals surface area contributed by atoms with Crippen LogP contribution >= 0.6 is 11.6 Å². The van der Waals surface area contributed by atoms with Gasteiger partial charge in [0.15, 0.2) is 6.61 Å². The fraction of sp³-hybridized carbons (Fsp3) is 0.263. The zero-order valence-corrected chi connectivity index (χ0v) is 15.1. The summed E-state index contributed by atoms with van der Waals surface area (Å²) in [7, 11) is 1.54. The summed E-state index contributed by atoms with van der Waals surface area (Å²) in [6, 6.07) is 12.3. The van der Waals surface area contributed by atoms with E-state index in [0.717, 1.165) is 5.56 Å². The van der Waals surface area contributed by atoms with Crippen molar-refractivity contribution in [3.63, 3.8) is 0 Å². The molecule has 26 heavy (non-hydrogen) atoms. The molecule has 0 saturated carbocycles. The van der Waals surface area contributed by atoms with Gasteiger partial charge in [0.05, 0.1) is 13.5 Å². The lowest BCUT2D eigenvalue weighted by Crippen LogP contribution is -2.27. The minimum atomic E-state index is -1.02. The number of carbonyl (C=O) groups is 2. The molecule has 6 nitrogen and oxygen atoms in total. The quantitative estimate of drug-likeness (QED) is 0.701. The molecule has 0 heterocycles. The van der Waals surface area contributed by atoms with Crippen LogP contribution in [0.1, 0.15) is 11.1 Å². The van der Waals surface area contributed by atoms with Crippen LogP contribution in [0.25, 0.3) is 0 Å². The van der Waals surface area contributed by atoms with Crippen LogP contribution in [0.15, 0.2) is 42.5 Å². The minimum absolute atomic E-state index is 0.141. The molecule has 0 saturated heterocycles. The molecule has 0 spiro atoms. The van der Waals surface area contributed by atoms with E-state index < -0.39 is 5.97 Å². The molecule has 0 unspecified atom stereocenters. The van der Waals surface area contributed by atoms with Crippen molar-refractivity contribution >= 4 is 23.5 Å². The fourth-order valence-corrected chi connectivity index (χ4v) is 2.60. The lowest BCUT2D eigenvalue weighted by molar-refractivity contribution is -0.139. The number of carboxylic acids is 1. The predicted molar refractivity (Wildman–Crippen MR) is 98.0 cm³/mol. The highest BCUT2D eigenvalue weighted by atomic mass is 35.5. The molecule has 0 bridgehead atoms. The number of hydrogen-bond donors (Lipinski definition) is 2. The molecule has 2 rings (SSSR count). The Hall–Kier alpha value is -2.73. The molecule has 2 aromatic carbocycles. The number of methoxy groups -OCH3 is 1. The molecule has 0 aromatic heterocycles. The molecule has 7 heteroatoms. The van der Waals surface area contributed by atoms with E-state index >= 15 is 0 Å². The average Bonchev–Trinajstić information content (AvgIpc) is 2.62. The molecular weight excluding hydrogens is 358 g/mol. The smallest absolute Gasteiger partial charge is 0.341 e. The van der Waals surface area contributed by atoms with E-state index in [0.29, 0.717) is 35.1 Å². The first-order chi connectivity index (χ1) is 12.5. The van der Waals surface area contributed by atoms with Crippen LogP contribution in [-0.4, -0.2) is 37.2 Å². The van der Waals surface area contributed by atoms with Gasteiger partial charge >= 0.3 is 5.97 Å². The van der Waals surface area contributed by atoms with Crippen molar-refractivity contribution in [3.8, 4) is 11.5 Å². The van der Waals surface area contributed by atoms with Gasteiger partial charge in [-0.1, -0.05) is 29.8 Å². The van der Waals surface area contributed by atoms with Crippen LogP contribution in [0.4, 0.5) is 0 Å². The molecule has 0 fully saturated rings. The summed E-state index contributed by atoms with van der Waals surface area (Å²) in [5, 5.41) is 11.9. The van der Waals surface area contributed by atoms with Gasteiger partial charge in [0.25, 0.3) is 0 Å². The molecular formula is C19H20ClNO5. The molecule has 2 N–H and O–H groups in total. The Labute approximate surface area is 156 Å². The second-order valence-corrected chi connectivity index (χ2v) is 5.93. The number of ether oxygens (including phenoxy) is 2. The van der Waals surface area contributed by atoms with Crippen LogP contribution in [-0.2, 0) is 22.4 Å². The van der Waals surface area contributed by atoms with Gasteiger partial charge in [-0.15, -0.1) is 0 Å². The number of rotatable bonds is 9. The van der Waals surface area contributed by atoms with Crippen molar-refractivity contribution in [2.24, 2.45) is 0 Å². The Bertz CT molecular complexity index is 761. The summed E-state index contributed by atoms with van der Waals surface area (Å²) in [5.74, 6) is -0.0830. The van der Waals surface area contributed by atoms with Crippen LogP contribution in [0.5, 0.6) is 11.5 Å². The summed E-state index contributed by atoms with van der Waals surface area (Å²) < 4.78 is 10.3.